The molecule has 0 bridgehead atoms. The van der Waals surface area contributed by atoms with Crippen LogP contribution in [0.3, 0.4) is 0 Å². The molecule has 0 aromatic heterocycles. The van der Waals surface area contributed by atoms with Gasteiger partial charge in [-0.3, -0.25) is 0 Å². The Morgan fingerprint density at radius 2 is 1.46 bits per heavy atom. The monoisotopic (exact) mass is 353 g/mol. The van der Waals surface area contributed by atoms with E-state index < -0.39 is 0 Å². The van der Waals surface area contributed by atoms with Crippen LogP contribution in [-0.2, 0) is 18.6 Å². The molecule has 0 nitrogen and oxygen atoms in total. The molecule has 0 radical (unpaired) electrons. The van der Waals surface area contributed by atoms with Crippen molar-refractivity contribution < 1.29 is 18.6 Å². The normalized spacial score (nSPS) is 8.00. The first-order chi connectivity index (χ1) is 6.35. The van der Waals surface area contributed by atoms with Crippen molar-refractivity contribution in [3.8, 4) is 0 Å². The Hall–Kier alpha value is -0.872. The summed E-state index contributed by atoms with van der Waals surface area (Å²) in [6.07, 6.45) is 1.83. The fourth-order valence-electron chi connectivity index (χ4n) is 0.642. The summed E-state index contributed by atoms with van der Waals surface area (Å²) in [5.74, 6) is 0. The molecule has 0 unspecified atom stereocenters. The number of hydrogen-bond acceptors (Lipinski definition) is 0. The third-order valence-electron chi connectivity index (χ3n) is 1.18. The summed E-state index contributed by atoms with van der Waals surface area (Å²) in [5, 5.41) is 0. The fraction of sp³-hybridized carbons (Fsp3) is 0. The molecule has 0 saturated carbocycles. The van der Waals surface area contributed by atoms with E-state index in [9.17, 15) is 0 Å². The Bertz CT molecular complexity index is 243. The average molecular weight is 353 g/mol. The topological polar surface area (TPSA) is 0 Å². The Morgan fingerprint density at radius 1 is 0.923 bits per heavy atom. The average Bonchev–Trinajstić information content (AvgIpc) is 2.21. The molecule has 0 aliphatic carbocycles. The van der Waals surface area contributed by atoms with E-state index in [1.165, 1.54) is 5.56 Å². The Balaban J connectivity index is 0.000000252. The van der Waals surface area contributed by atoms with E-state index in [-0.39, 0.29) is 18.6 Å². The molecular weight excluding hydrogens is 339 g/mol. The van der Waals surface area contributed by atoms with E-state index in [2.05, 4.69) is 19.7 Å². The second-order valence-corrected chi connectivity index (χ2v) is 4.59. The molecule has 0 aliphatic heterocycles. The first kappa shape index (κ1) is 12.1. The van der Waals surface area contributed by atoms with Crippen LogP contribution < -0.4 is 0 Å². The van der Waals surface area contributed by atoms with Gasteiger partial charge in [0.1, 0.15) is 0 Å². The van der Waals surface area contributed by atoms with E-state index in [0.29, 0.717) is 0 Å². The zero-order valence-electron chi connectivity index (χ0n) is 7.56. The third-order valence-corrected chi connectivity index (χ3v) is 2.26. The van der Waals surface area contributed by atoms with Gasteiger partial charge in [0.2, 0.25) is 0 Å². The summed E-state index contributed by atoms with van der Waals surface area (Å²) >= 11 is 0.151. The molecule has 0 atom stereocenters. The molecule has 0 N–H and O–H groups in total. The van der Waals surface area contributed by atoms with Crippen LogP contribution >= 0.6 is 0 Å². The van der Waals surface area contributed by atoms with Gasteiger partial charge < -0.3 is 0 Å². The standard InChI is InChI=1S/C8H8.2C2H3.Pt/c1-2-8-6-4-3-5-7-8;2*1-2;/h2-7H,1H2;2*1H,2H2;. The second kappa shape index (κ2) is 9.22. The van der Waals surface area contributed by atoms with E-state index in [4.69, 9.17) is 0 Å². The quantitative estimate of drug-likeness (QED) is 0.778. The minimum atomic E-state index is 0.151. The van der Waals surface area contributed by atoms with E-state index in [1.807, 2.05) is 45.3 Å². The summed E-state index contributed by atoms with van der Waals surface area (Å²) < 4.78 is 3.85. The molecule has 1 rings (SSSR count). The van der Waals surface area contributed by atoms with E-state index in [1.54, 1.807) is 0 Å². The molecule has 72 valence electrons. The number of rotatable bonds is 3. The zero-order chi connectivity index (χ0) is 9.94. The molecule has 0 aliphatic rings. The van der Waals surface area contributed by atoms with Crippen LogP contribution in [0.2, 0.25) is 0 Å². The molecular formula is C12H14Pt. The minimum absolute atomic E-state index is 0.151. The van der Waals surface area contributed by atoms with Gasteiger partial charge in [0, 0.05) is 0 Å². The zero-order valence-corrected chi connectivity index (χ0v) is 9.83. The van der Waals surface area contributed by atoms with Crippen LogP contribution in [0.4, 0.5) is 0 Å². The summed E-state index contributed by atoms with van der Waals surface area (Å²) in [4.78, 5) is 0. The van der Waals surface area contributed by atoms with E-state index in [0.717, 1.165) is 0 Å². The van der Waals surface area contributed by atoms with E-state index >= 15 is 0 Å². The Kier molecular flexibility index (Phi) is 8.60. The van der Waals surface area contributed by atoms with Gasteiger partial charge in [-0.1, -0.05) is 43.0 Å². The van der Waals surface area contributed by atoms with Gasteiger partial charge in [-0.2, -0.15) is 0 Å². The van der Waals surface area contributed by atoms with Crippen molar-refractivity contribution in [2.75, 3.05) is 0 Å². The number of hydrogen-bond donors (Lipinski definition) is 0. The van der Waals surface area contributed by atoms with Gasteiger partial charge in [0.15, 0.2) is 0 Å². The van der Waals surface area contributed by atoms with Gasteiger partial charge in [0.25, 0.3) is 0 Å². The van der Waals surface area contributed by atoms with Crippen molar-refractivity contribution in [1.29, 1.82) is 0 Å². The summed E-state index contributed by atoms with van der Waals surface area (Å²) in [7, 11) is 0. The van der Waals surface area contributed by atoms with Crippen LogP contribution in [-0.4, -0.2) is 0 Å². The predicted octanol–water partition coefficient (Wildman–Crippen LogP) is 3.69. The van der Waals surface area contributed by atoms with Crippen LogP contribution in [0.15, 0.2) is 59.0 Å². The maximum atomic E-state index is 3.63. The van der Waals surface area contributed by atoms with Gasteiger partial charge >= 0.3 is 40.7 Å². The van der Waals surface area contributed by atoms with Gasteiger partial charge in [0.05, 0.1) is 0 Å². The Morgan fingerprint density at radius 3 is 1.69 bits per heavy atom. The predicted molar refractivity (Wildman–Crippen MR) is 56.9 cm³/mol. The van der Waals surface area contributed by atoms with Gasteiger partial charge in [-0.25, -0.2) is 0 Å². The maximum absolute atomic E-state index is 3.63. The summed E-state index contributed by atoms with van der Waals surface area (Å²) in [6, 6.07) is 10.0. The SMILES string of the molecule is C=Cc1ccccc1.C=[CH][Pt][CH]=C. The molecule has 13 heavy (non-hydrogen) atoms. The summed E-state index contributed by atoms with van der Waals surface area (Å²) in [6.45, 7) is 10.7. The van der Waals surface area contributed by atoms with Gasteiger partial charge in [-0.15, -0.1) is 0 Å². The summed E-state index contributed by atoms with van der Waals surface area (Å²) in [5.41, 5.74) is 1.17. The molecule has 1 aromatic rings. The second-order valence-electron chi connectivity index (χ2n) is 1.98. The van der Waals surface area contributed by atoms with Crippen molar-refractivity contribution in [2.24, 2.45) is 0 Å². The number of benzene rings is 1. The van der Waals surface area contributed by atoms with Crippen LogP contribution in [0.1, 0.15) is 5.56 Å². The fourth-order valence-corrected chi connectivity index (χ4v) is 1.02. The van der Waals surface area contributed by atoms with Crippen LogP contribution in [0.25, 0.3) is 6.08 Å². The molecule has 0 saturated heterocycles. The molecule has 0 amide bonds. The molecule has 0 heterocycles. The van der Waals surface area contributed by atoms with Crippen molar-refractivity contribution in [3.05, 3.63) is 64.6 Å². The van der Waals surface area contributed by atoms with Gasteiger partial charge in [-0.05, 0) is 5.56 Å². The molecule has 1 aromatic carbocycles. The van der Waals surface area contributed by atoms with Crippen molar-refractivity contribution in [2.45, 2.75) is 0 Å². The van der Waals surface area contributed by atoms with Crippen LogP contribution in [0, 0.1) is 0 Å². The molecule has 1 heteroatoms. The van der Waals surface area contributed by atoms with Crippen LogP contribution in [0.5, 0.6) is 0 Å². The first-order valence-electron chi connectivity index (χ1n) is 3.79. The van der Waals surface area contributed by atoms with Crippen molar-refractivity contribution in [1.82, 2.24) is 0 Å². The third kappa shape index (κ3) is 7.49. The van der Waals surface area contributed by atoms with Crippen molar-refractivity contribution in [3.63, 3.8) is 0 Å². The Labute approximate surface area is 89.2 Å². The molecule has 0 spiro atoms. The van der Waals surface area contributed by atoms with Crippen molar-refractivity contribution >= 4 is 6.08 Å². The first-order valence-corrected chi connectivity index (χ1v) is 6.41. The molecule has 0 fully saturated rings.